The minimum atomic E-state index is -0.440. The van der Waals surface area contributed by atoms with Crippen LogP contribution in [0.3, 0.4) is 0 Å². The molecule has 3 aromatic heterocycles. The highest BCUT2D eigenvalue weighted by Gasteiger charge is 2.28. The number of H-pyrrole nitrogens is 1. The normalized spacial score (nSPS) is 14.9. The summed E-state index contributed by atoms with van der Waals surface area (Å²) in [5.41, 5.74) is 5.03. The SMILES string of the molecule is Cc1[nH]c2ccc(F)cc2c1CCNc1nc(-c2cncc(F)c2)nc2c1N=CC2C(C)C. The van der Waals surface area contributed by atoms with Crippen LogP contribution < -0.4 is 5.32 Å². The van der Waals surface area contributed by atoms with E-state index in [0.29, 0.717) is 41.8 Å². The molecule has 168 valence electrons. The number of fused-ring (bicyclic) bond motifs is 2. The van der Waals surface area contributed by atoms with Crippen molar-refractivity contribution in [1.82, 2.24) is 19.9 Å². The summed E-state index contributed by atoms with van der Waals surface area (Å²) in [5.74, 6) is 0.672. The summed E-state index contributed by atoms with van der Waals surface area (Å²) < 4.78 is 27.6. The fourth-order valence-corrected chi connectivity index (χ4v) is 4.31. The van der Waals surface area contributed by atoms with Crippen molar-refractivity contribution < 1.29 is 8.78 Å². The van der Waals surface area contributed by atoms with Gasteiger partial charge in [0.2, 0.25) is 0 Å². The van der Waals surface area contributed by atoms with Gasteiger partial charge in [0.15, 0.2) is 11.6 Å². The minimum absolute atomic E-state index is 0.0580. The van der Waals surface area contributed by atoms with E-state index < -0.39 is 5.82 Å². The number of benzene rings is 1. The molecule has 0 saturated heterocycles. The first kappa shape index (κ1) is 21.2. The lowest BCUT2D eigenvalue weighted by Crippen LogP contribution is -2.11. The second-order valence-electron chi connectivity index (χ2n) is 8.66. The lowest BCUT2D eigenvalue weighted by molar-refractivity contribution is 0.605. The first-order valence-electron chi connectivity index (χ1n) is 11.0. The monoisotopic (exact) mass is 446 g/mol. The molecule has 6 nitrogen and oxygen atoms in total. The predicted octanol–water partition coefficient (Wildman–Crippen LogP) is 5.72. The fourth-order valence-electron chi connectivity index (χ4n) is 4.31. The second-order valence-corrected chi connectivity index (χ2v) is 8.66. The summed E-state index contributed by atoms with van der Waals surface area (Å²) in [6.45, 7) is 6.78. The molecule has 1 aliphatic rings. The van der Waals surface area contributed by atoms with Crippen molar-refractivity contribution in [3.05, 3.63) is 65.2 Å². The Morgan fingerprint density at radius 1 is 1.09 bits per heavy atom. The van der Waals surface area contributed by atoms with Gasteiger partial charge in [-0.3, -0.25) is 9.98 Å². The van der Waals surface area contributed by atoms with Crippen LogP contribution in [-0.4, -0.2) is 32.7 Å². The van der Waals surface area contributed by atoms with Gasteiger partial charge in [0, 0.05) is 47.0 Å². The van der Waals surface area contributed by atoms with E-state index in [0.717, 1.165) is 34.1 Å². The topological polar surface area (TPSA) is 78.9 Å². The molecule has 1 aliphatic heterocycles. The van der Waals surface area contributed by atoms with Gasteiger partial charge < -0.3 is 10.3 Å². The largest absolute Gasteiger partial charge is 0.368 e. The number of hydrogen-bond donors (Lipinski definition) is 2. The highest BCUT2D eigenvalue weighted by molar-refractivity contribution is 5.86. The number of anilines is 1. The van der Waals surface area contributed by atoms with Crippen LogP contribution in [0, 0.1) is 24.5 Å². The molecular weight excluding hydrogens is 422 g/mol. The molecule has 0 amide bonds. The number of aromatic amines is 1. The van der Waals surface area contributed by atoms with Gasteiger partial charge in [-0.2, -0.15) is 0 Å². The summed E-state index contributed by atoms with van der Waals surface area (Å²) in [6, 6.07) is 6.15. The summed E-state index contributed by atoms with van der Waals surface area (Å²) in [7, 11) is 0. The zero-order valence-corrected chi connectivity index (χ0v) is 18.7. The highest BCUT2D eigenvalue weighted by Crippen LogP contribution is 2.40. The highest BCUT2D eigenvalue weighted by atomic mass is 19.1. The minimum Gasteiger partial charge on any atom is -0.368 e. The molecular formula is C25H24F2N6. The third kappa shape index (κ3) is 3.97. The smallest absolute Gasteiger partial charge is 0.163 e. The Morgan fingerprint density at radius 3 is 2.73 bits per heavy atom. The van der Waals surface area contributed by atoms with E-state index in [2.05, 4.69) is 39.1 Å². The first-order chi connectivity index (χ1) is 15.9. The quantitative estimate of drug-likeness (QED) is 0.397. The summed E-state index contributed by atoms with van der Waals surface area (Å²) >= 11 is 0. The van der Waals surface area contributed by atoms with Gasteiger partial charge in [0.1, 0.15) is 17.3 Å². The standard InChI is InChI=1S/C25H24F2N6/c1-13(2)20-12-30-23-22(20)32-24(15-8-17(27)11-28-10-15)33-25(23)29-7-6-18-14(3)31-21-5-4-16(26)9-19(18)21/h4-5,8-13,20,31H,6-7H2,1-3H3,(H,29,32,33). The number of aryl methyl sites for hydroxylation is 1. The Kier molecular flexibility index (Phi) is 5.36. The van der Waals surface area contributed by atoms with Gasteiger partial charge >= 0.3 is 0 Å². The molecule has 1 atom stereocenters. The molecule has 0 saturated carbocycles. The van der Waals surface area contributed by atoms with Gasteiger partial charge in [0.25, 0.3) is 0 Å². The van der Waals surface area contributed by atoms with Crippen molar-refractivity contribution in [2.24, 2.45) is 10.9 Å². The van der Waals surface area contributed by atoms with Crippen molar-refractivity contribution in [3.8, 4) is 11.4 Å². The van der Waals surface area contributed by atoms with Gasteiger partial charge in [-0.15, -0.1) is 0 Å². The molecule has 1 aromatic carbocycles. The maximum atomic E-state index is 13.8. The van der Waals surface area contributed by atoms with Crippen molar-refractivity contribution in [3.63, 3.8) is 0 Å². The number of halogens is 2. The number of rotatable bonds is 6. The Bertz CT molecular complexity index is 1380. The van der Waals surface area contributed by atoms with Crippen LogP contribution in [0.4, 0.5) is 20.3 Å². The third-order valence-corrected chi connectivity index (χ3v) is 6.02. The van der Waals surface area contributed by atoms with E-state index in [4.69, 9.17) is 4.98 Å². The third-order valence-electron chi connectivity index (χ3n) is 6.02. The van der Waals surface area contributed by atoms with Crippen LogP contribution in [0.2, 0.25) is 0 Å². The van der Waals surface area contributed by atoms with E-state index in [9.17, 15) is 8.78 Å². The Balaban J connectivity index is 1.47. The molecule has 0 spiro atoms. The maximum absolute atomic E-state index is 13.8. The van der Waals surface area contributed by atoms with Crippen LogP contribution in [0.25, 0.3) is 22.3 Å². The van der Waals surface area contributed by atoms with Gasteiger partial charge in [-0.05, 0) is 49.1 Å². The number of nitrogens with zero attached hydrogens (tertiary/aromatic N) is 4. The fraction of sp³-hybridized carbons (Fsp3) is 0.280. The second kappa shape index (κ2) is 8.35. The number of hydrogen-bond acceptors (Lipinski definition) is 5. The van der Waals surface area contributed by atoms with Crippen LogP contribution in [0.15, 0.2) is 41.7 Å². The lowest BCUT2D eigenvalue weighted by Gasteiger charge is -2.16. The van der Waals surface area contributed by atoms with E-state index in [1.54, 1.807) is 18.3 Å². The van der Waals surface area contributed by atoms with Crippen molar-refractivity contribution in [2.75, 3.05) is 11.9 Å². The van der Waals surface area contributed by atoms with Gasteiger partial charge in [-0.25, -0.2) is 18.7 Å². The van der Waals surface area contributed by atoms with Crippen LogP contribution in [0.1, 0.15) is 36.7 Å². The predicted molar refractivity (Wildman–Crippen MR) is 126 cm³/mol. The van der Waals surface area contributed by atoms with Crippen LogP contribution in [-0.2, 0) is 6.42 Å². The molecule has 0 bridgehead atoms. The number of aromatic nitrogens is 4. The zero-order valence-electron chi connectivity index (χ0n) is 18.7. The molecule has 4 aromatic rings. The molecule has 33 heavy (non-hydrogen) atoms. The average Bonchev–Trinajstić information content (AvgIpc) is 3.35. The molecule has 4 heterocycles. The van der Waals surface area contributed by atoms with Crippen molar-refractivity contribution in [2.45, 2.75) is 33.1 Å². The molecule has 1 unspecified atom stereocenters. The molecule has 2 N–H and O–H groups in total. The Morgan fingerprint density at radius 2 is 1.94 bits per heavy atom. The molecule has 5 rings (SSSR count). The maximum Gasteiger partial charge on any atom is 0.163 e. The molecule has 0 fully saturated rings. The molecule has 8 heteroatoms. The average molecular weight is 447 g/mol. The van der Waals surface area contributed by atoms with Gasteiger partial charge in [0.05, 0.1) is 11.9 Å². The van der Waals surface area contributed by atoms with Crippen LogP contribution in [0.5, 0.6) is 0 Å². The lowest BCUT2D eigenvalue weighted by atomic mass is 9.94. The first-order valence-corrected chi connectivity index (χ1v) is 11.0. The molecule has 0 radical (unpaired) electrons. The van der Waals surface area contributed by atoms with E-state index in [-0.39, 0.29) is 11.7 Å². The zero-order chi connectivity index (χ0) is 23.1. The van der Waals surface area contributed by atoms with E-state index in [1.807, 2.05) is 13.1 Å². The van der Waals surface area contributed by atoms with Crippen molar-refractivity contribution in [1.29, 1.82) is 0 Å². The van der Waals surface area contributed by atoms with E-state index >= 15 is 0 Å². The number of nitrogens with one attached hydrogen (secondary N) is 2. The van der Waals surface area contributed by atoms with Crippen molar-refractivity contribution >= 4 is 28.6 Å². The number of aliphatic imine (C=N–C) groups is 1. The van der Waals surface area contributed by atoms with Crippen LogP contribution >= 0.6 is 0 Å². The molecule has 0 aliphatic carbocycles. The van der Waals surface area contributed by atoms with E-state index in [1.165, 1.54) is 12.1 Å². The van der Waals surface area contributed by atoms with Gasteiger partial charge in [-0.1, -0.05) is 13.8 Å². The number of pyridine rings is 1. The Hall–Kier alpha value is -3.68. The summed E-state index contributed by atoms with van der Waals surface area (Å²) in [5, 5.41) is 4.27. The summed E-state index contributed by atoms with van der Waals surface area (Å²) in [4.78, 5) is 21.2. The summed E-state index contributed by atoms with van der Waals surface area (Å²) in [6.07, 6.45) is 5.28. The Labute approximate surface area is 190 Å².